The van der Waals surface area contributed by atoms with Gasteiger partial charge in [0.25, 0.3) is 5.91 Å². The highest BCUT2D eigenvalue weighted by Crippen LogP contribution is 2.17. The zero-order chi connectivity index (χ0) is 18.4. The molecule has 0 unspecified atom stereocenters. The Balaban J connectivity index is 2.00. The van der Waals surface area contributed by atoms with Gasteiger partial charge < -0.3 is 25.2 Å². The van der Waals surface area contributed by atoms with Gasteiger partial charge in [-0.3, -0.25) is 4.79 Å². The molecule has 0 aliphatic carbocycles. The predicted octanol–water partition coefficient (Wildman–Crippen LogP) is 1.66. The number of methoxy groups -OCH3 is 1. The van der Waals surface area contributed by atoms with Crippen molar-refractivity contribution in [2.45, 2.75) is 13.3 Å². The van der Waals surface area contributed by atoms with Crippen molar-refractivity contribution in [3.05, 3.63) is 29.3 Å². The maximum Gasteiger partial charge on any atom is 0.409 e. The van der Waals surface area contributed by atoms with Gasteiger partial charge in [0.05, 0.1) is 7.11 Å². The van der Waals surface area contributed by atoms with E-state index < -0.39 is 0 Å². The molecule has 4 amide bonds. The molecule has 1 heterocycles. The second-order valence-corrected chi connectivity index (χ2v) is 5.84. The SMILES string of the molecule is CNC(=O)c1ccc(NC(=O)N2CCCN(C(=O)OC)CC2)c(C)c1. The fraction of sp³-hybridized carbons (Fsp3) is 0.471. The lowest BCUT2D eigenvalue weighted by Gasteiger charge is -2.22. The van der Waals surface area contributed by atoms with Crippen molar-refractivity contribution >= 4 is 23.7 Å². The summed E-state index contributed by atoms with van der Waals surface area (Å²) in [6, 6.07) is 4.90. The van der Waals surface area contributed by atoms with Crippen molar-refractivity contribution < 1.29 is 19.1 Å². The van der Waals surface area contributed by atoms with Gasteiger partial charge in [-0.15, -0.1) is 0 Å². The van der Waals surface area contributed by atoms with Crippen LogP contribution in [-0.2, 0) is 4.74 Å². The Morgan fingerprint density at radius 3 is 2.40 bits per heavy atom. The van der Waals surface area contributed by atoms with E-state index in [0.717, 1.165) is 5.56 Å². The highest BCUT2D eigenvalue weighted by molar-refractivity contribution is 5.96. The largest absolute Gasteiger partial charge is 0.453 e. The van der Waals surface area contributed by atoms with Gasteiger partial charge in [-0.1, -0.05) is 0 Å². The van der Waals surface area contributed by atoms with Crippen molar-refractivity contribution in [2.24, 2.45) is 0 Å². The number of urea groups is 1. The highest BCUT2D eigenvalue weighted by atomic mass is 16.5. The summed E-state index contributed by atoms with van der Waals surface area (Å²) in [6.45, 7) is 3.85. The van der Waals surface area contributed by atoms with E-state index in [1.165, 1.54) is 7.11 Å². The molecule has 0 spiro atoms. The summed E-state index contributed by atoms with van der Waals surface area (Å²) in [6.07, 6.45) is 0.319. The van der Waals surface area contributed by atoms with Crippen molar-refractivity contribution in [3.63, 3.8) is 0 Å². The average molecular weight is 348 g/mol. The third kappa shape index (κ3) is 4.62. The molecule has 1 aliphatic rings. The Morgan fingerprint density at radius 1 is 1.08 bits per heavy atom. The molecule has 25 heavy (non-hydrogen) atoms. The van der Waals surface area contributed by atoms with Gasteiger partial charge in [-0.05, 0) is 37.1 Å². The Hall–Kier alpha value is -2.77. The summed E-state index contributed by atoms with van der Waals surface area (Å²) >= 11 is 0. The Labute approximate surface area is 147 Å². The van der Waals surface area contributed by atoms with Gasteiger partial charge >= 0.3 is 12.1 Å². The second kappa shape index (κ2) is 8.36. The summed E-state index contributed by atoms with van der Waals surface area (Å²) in [5, 5.41) is 5.44. The van der Waals surface area contributed by atoms with E-state index in [4.69, 9.17) is 4.74 Å². The van der Waals surface area contributed by atoms with E-state index in [2.05, 4.69) is 10.6 Å². The number of anilines is 1. The molecule has 0 atom stereocenters. The zero-order valence-corrected chi connectivity index (χ0v) is 14.8. The second-order valence-electron chi connectivity index (χ2n) is 5.84. The van der Waals surface area contributed by atoms with Gasteiger partial charge in [-0.2, -0.15) is 0 Å². The van der Waals surface area contributed by atoms with Crippen molar-refractivity contribution in [1.82, 2.24) is 15.1 Å². The average Bonchev–Trinajstić information content (AvgIpc) is 2.88. The Kier molecular flexibility index (Phi) is 6.21. The van der Waals surface area contributed by atoms with E-state index in [-0.39, 0.29) is 18.0 Å². The molecule has 1 saturated heterocycles. The quantitative estimate of drug-likeness (QED) is 0.850. The number of nitrogens with zero attached hydrogens (tertiary/aromatic N) is 2. The lowest BCUT2D eigenvalue weighted by molar-refractivity contribution is 0.0963. The highest BCUT2D eigenvalue weighted by Gasteiger charge is 2.22. The number of hydrogen-bond donors (Lipinski definition) is 2. The number of carbonyl (C=O) groups is 3. The zero-order valence-electron chi connectivity index (χ0n) is 14.8. The lowest BCUT2D eigenvalue weighted by Crippen LogP contribution is -2.39. The Bertz CT molecular complexity index is 662. The van der Waals surface area contributed by atoms with Crippen molar-refractivity contribution in [1.29, 1.82) is 0 Å². The number of amides is 4. The molecule has 8 nitrogen and oxygen atoms in total. The summed E-state index contributed by atoms with van der Waals surface area (Å²) in [5.74, 6) is -0.170. The van der Waals surface area contributed by atoms with Crippen LogP contribution in [0.5, 0.6) is 0 Å². The monoisotopic (exact) mass is 348 g/mol. The predicted molar refractivity (Wildman–Crippen MR) is 93.8 cm³/mol. The van der Waals surface area contributed by atoms with E-state index in [1.54, 1.807) is 35.0 Å². The van der Waals surface area contributed by atoms with E-state index >= 15 is 0 Å². The molecule has 0 aromatic heterocycles. The van der Waals surface area contributed by atoms with Gasteiger partial charge in [0.2, 0.25) is 0 Å². The van der Waals surface area contributed by atoms with Crippen LogP contribution in [0.3, 0.4) is 0 Å². The number of rotatable bonds is 2. The van der Waals surface area contributed by atoms with E-state index in [0.29, 0.717) is 43.9 Å². The maximum atomic E-state index is 12.5. The van der Waals surface area contributed by atoms with Gasteiger partial charge in [0.1, 0.15) is 0 Å². The summed E-state index contributed by atoms with van der Waals surface area (Å²) in [7, 11) is 2.92. The third-order valence-corrected chi connectivity index (χ3v) is 4.17. The molecular weight excluding hydrogens is 324 g/mol. The first kappa shape index (κ1) is 18.6. The molecule has 1 aromatic rings. The standard InChI is InChI=1S/C17H24N4O4/c1-12-11-13(15(22)18-2)5-6-14(12)19-16(23)20-7-4-8-21(10-9-20)17(24)25-3/h5-6,11H,4,7-10H2,1-3H3,(H,18,22)(H,19,23). The van der Waals surface area contributed by atoms with Crippen LogP contribution in [-0.4, -0.2) is 68.2 Å². The number of ether oxygens (including phenoxy) is 1. The van der Waals surface area contributed by atoms with E-state index in [1.807, 2.05) is 6.92 Å². The smallest absolute Gasteiger partial charge is 0.409 e. The van der Waals surface area contributed by atoms with Crippen LogP contribution in [0.1, 0.15) is 22.3 Å². The van der Waals surface area contributed by atoms with Gasteiger partial charge in [0, 0.05) is 44.5 Å². The van der Waals surface area contributed by atoms with Crippen LogP contribution in [0.2, 0.25) is 0 Å². The molecule has 0 saturated carbocycles. The van der Waals surface area contributed by atoms with E-state index in [9.17, 15) is 14.4 Å². The molecule has 8 heteroatoms. The first-order valence-corrected chi connectivity index (χ1v) is 8.17. The number of hydrogen-bond acceptors (Lipinski definition) is 4. The number of carbonyl (C=O) groups excluding carboxylic acids is 3. The minimum Gasteiger partial charge on any atom is -0.453 e. The summed E-state index contributed by atoms with van der Waals surface area (Å²) in [5.41, 5.74) is 2.01. The lowest BCUT2D eigenvalue weighted by atomic mass is 10.1. The summed E-state index contributed by atoms with van der Waals surface area (Å²) < 4.78 is 4.73. The number of benzene rings is 1. The first-order valence-electron chi connectivity index (χ1n) is 8.17. The molecule has 2 rings (SSSR count). The van der Waals surface area contributed by atoms with Crippen molar-refractivity contribution in [2.75, 3.05) is 45.7 Å². The van der Waals surface area contributed by atoms with Crippen LogP contribution in [0.15, 0.2) is 18.2 Å². The normalized spacial score (nSPS) is 14.5. The Morgan fingerprint density at radius 2 is 1.76 bits per heavy atom. The fourth-order valence-electron chi connectivity index (χ4n) is 2.72. The van der Waals surface area contributed by atoms with Crippen LogP contribution >= 0.6 is 0 Å². The maximum absolute atomic E-state index is 12.5. The molecule has 1 aromatic carbocycles. The fourth-order valence-corrected chi connectivity index (χ4v) is 2.72. The number of aryl methyl sites for hydroxylation is 1. The number of nitrogens with one attached hydrogen (secondary N) is 2. The van der Waals surface area contributed by atoms with Gasteiger partial charge in [-0.25, -0.2) is 9.59 Å². The molecule has 0 radical (unpaired) electrons. The van der Waals surface area contributed by atoms with Crippen LogP contribution in [0.4, 0.5) is 15.3 Å². The van der Waals surface area contributed by atoms with Gasteiger partial charge in [0.15, 0.2) is 0 Å². The van der Waals surface area contributed by atoms with Crippen LogP contribution in [0, 0.1) is 6.92 Å². The topological polar surface area (TPSA) is 91.0 Å². The molecule has 2 N–H and O–H groups in total. The molecule has 136 valence electrons. The molecular formula is C17H24N4O4. The first-order chi connectivity index (χ1) is 12.0. The van der Waals surface area contributed by atoms with Crippen molar-refractivity contribution in [3.8, 4) is 0 Å². The minimum absolute atomic E-state index is 0.170. The van der Waals surface area contributed by atoms with Crippen LogP contribution in [0.25, 0.3) is 0 Å². The molecule has 0 bridgehead atoms. The summed E-state index contributed by atoms with van der Waals surface area (Å²) in [4.78, 5) is 39.0. The molecule has 1 fully saturated rings. The van der Waals surface area contributed by atoms with Crippen LogP contribution < -0.4 is 10.6 Å². The minimum atomic E-state index is -0.372. The molecule has 1 aliphatic heterocycles. The third-order valence-electron chi connectivity index (χ3n) is 4.17.